The average molecular weight is 317 g/mol. The SMILES string of the molecule is CCC(C(=O)c1ccc(Br)cc1C)c1ccccc1. The summed E-state index contributed by atoms with van der Waals surface area (Å²) in [5.74, 6) is 0.153. The zero-order valence-electron chi connectivity index (χ0n) is 11.2. The summed E-state index contributed by atoms with van der Waals surface area (Å²) in [5, 5.41) is 0. The fourth-order valence-electron chi connectivity index (χ4n) is 2.35. The zero-order valence-corrected chi connectivity index (χ0v) is 12.8. The van der Waals surface area contributed by atoms with Crippen LogP contribution in [-0.4, -0.2) is 5.78 Å². The fourth-order valence-corrected chi connectivity index (χ4v) is 2.82. The highest BCUT2D eigenvalue weighted by atomic mass is 79.9. The molecule has 98 valence electrons. The molecule has 0 aliphatic rings. The lowest BCUT2D eigenvalue weighted by Gasteiger charge is -2.15. The highest BCUT2D eigenvalue weighted by Crippen LogP contribution is 2.26. The number of Topliss-reactive ketones (excluding diaryl/α,β-unsaturated/α-hetero) is 1. The zero-order chi connectivity index (χ0) is 13.8. The molecule has 2 aromatic rings. The van der Waals surface area contributed by atoms with Crippen LogP contribution in [0.25, 0.3) is 0 Å². The molecular formula is C17H17BrO. The molecule has 0 N–H and O–H groups in total. The van der Waals surface area contributed by atoms with Crippen molar-refractivity contribution < 1.29 is 4.79 Å². The Morgan fingerprint density at radius 2 is 1.84 bits per heavy atom. The van der Waals surface area contributed by atoms with Crippen molar-refractivity contribution >= 4 is 21.7 Å². The van der Waals surface area contributed by atoms with Crippen LogP contribution in [0.1, 0.15) is 40.7 Å². The molecule has 0 heterocycles. The third kappa shape index (κ3) is 3.13. The summed E-state index contributed by atoms with van der Waals surface area (Å²) in [6.07, 6.45) is 0.818. The molecular weight excluding hydrogens is 300 g/mol. The van der Waals surface area contributed by atoms with Gasteiger partial charge in [-0.25, -0.2) is 0 Å². The lowest BCUT2D eigenvalue weighted by molar-refractivity contribution is 0.0956. The molecule has 0 saturated carbocycles. The van der Waals surface area contributed by atoms with Crippen molar-refractivity contribution in [1.82, 2.24) is 0 Å². The van der Waals surface area contributed by atoms with Gasteiger partial charge < -0.3 is 0 Å². The van der Waals surface area contributed by atoms with Gasteiger partial charge >= 0.3 is 0 Å². The fraction of sp³-hybridized carbons (Fsp3) is 0.235. The van der Waals surface area contributed by atoms with E-state index in [1.165, 1.54) is 0 Å². The number of carbonyl (C=O) groups excluding carboxylic acids is 1. The number of carbonyl (C=O) groups is 1. The van der Waals surface area contributed by atoms with Gasteiger partial charge in [-0.15, -0.1) is 0 Å². The van der Waals surface area contributed by atoms with E-state index >= 15 is 0 Å². The Labute approximate surface area is 122 Å². The molecule has 2 aromatic carbocycles. The Hall–Kier alpha value is -1.41. The normalized spacial score (nSPS) is 12.2. The second kappa shape index (κ2) is 6.16. The maximum absolute atomic E-state index is 12.7. The van der Waals surface area contributed by atoms with Crippen LogP contribution < -0.4 is 0 Å². The van der Waals surface area contributed by atoms with Crippen LogP contribution in [0.15, 0.2) is 53.0 Å². The van der Waals surface area contributed by atoms with Crippen LogP contribution in [0.2, 0.25) is 0 Å². The highest BCUT2D eigenvalue weighted by Gasteiger charge is 2.21. The lowest BCUT2D eigenvalue weighted by atomic mass is 9.87. The molecule has 2 rings (SSSR count). The smallest absolute Gasteiger partial charge is 0.170 e. The molecule has 0 aliphatic heterocycles. The van der Waals surface area contributed by atoms with Crippen LogP contribution in [0.4, 0.5) is 0 Å². The van der Waals surface area contributed by atoms with Gasteiger partial charge in [0.25, 0.3) is 0 Å². The standard InChI is InChI=1S/C17H17BrO/c1-3-15(13-7-5-4-6-8-13)17(19)16-10-9-14(18)11-12(16)2/h4-11,15H,3H2,1-2H3. The number of ketones is 1. The summed E-state index contributed by atoms with van der Waals surface area (Å²) < 4.78 is 1.01. The minimum atomic E-state index is -0.0546. The van der Waals surface area contributed by atoms with E-state index in [9.17, 15) is 4.79 Å². The van der Waals surface area contributed by atoms with Gasteiger partial charge in [0.1, 0.15) is 0 Å². The summed E-state index contributed by atoms with van der Waals surface area (Å²) in [4.78, 5) is 12.7. The Balaban J connectivity index is 2.36. The molecule has 0 radical (unpaired) electrons. The minimum Gasteiger partial charge on any atom is -0.293 e. The Bertz CT molecular complexity index is 575. The first-order valence-corrected chi connectivity index (χ1v) is 7.28. The topological polar surface area (TPSA) is 17.1 Å². The second-order valence-corrected chi connectivity index (χ2v) is 5.61. The molecule has 0 amide bonds. The molecule has 1 atom stereocenters. The largest absolute Gasteiger partial charge is 0.293 e. The molecule has 0 aliphatic carbocycles. The van der Waals surface area contributed by atoms with E-state index in [1.807, 2.05) is 55.5 Å². The van der Waals surface area contributed by atoms with Gasteiger partial charge in [0.15, 0.2) is 5.78 Å². The number of hydrogen-bond donors (Lipinski definition) is 0. The minimum absolute atomic E-state index is 0.0546. The van der Waals surface area contributed by atoms with Gasteiger partial charge in [0, 0.05) is 16.0 Å². The first kappa shape index (κ1) is 14.0. The third-order valence-corrected chi connectivity index (χ3v) is 3.87. The van der Waals surface area contributed by atoms with Crippen LogP contribution in [0.3, 0.4) is 0 Å². The van der Waals surface area contributed by atoms with Gasteiger partial charge in [-0.1, -0.05) is 59.3 Å². The van der Waals surface area contributed by atoms with Crippen molar-refractivity contribution in [3.63, 3.8) is 0 Å². The molecule has 0 spiro atoms. The van der Waals surface area contributed by atoms with E-state index in [2.05, 4.69) is 22.9 Å². The molecule has 19 heavy (non-hydrogen) atoms. The van der Waals surface area contributed by atoms with Crippen molar-refractivity contribution in [2.24, 2.45) is 0 Å². The number of benzene rings is 2. The summed E-state index contributed by atoms with van der Waals surface area (Å²) in [6, 6.07) is 15.8. The molecule has 2 heteroatoms. The van der Waals surface area contributed by atoms with Crippen molar-refractivity contribution in [3.8, 4) is 0 Å². The summed E-state index contributed by atoms with van der Waals surface area (Å²) >= 11 is 3.43. The van der Waals surface area contributed by atoms with E-state index in [0.717, 1.165) is 27.6 Å². The monoisotopic (exact) mass is 316 g/mol. The van der Waals surface area contributed by atoms with Crippen molar-refractivity contribution in [2.75, 3.05) is 0 Å². The Morgan fingerprint density at radius 3 is 2.42 bits per heavy atom. The molecule has 1 nitrogen and oxygen atoms in total. The van der Waals surface area contributed by atoms with E-state index < -0.39 is 0 Å². The van der Waals surface area contributed by atoms with Crippen molar-refractivity contribution in [3.05, 3.63) is 69.7 Å². The van der Waals surface area contributed by atoms with Gasteiger partial charge in [-0.2, -0.15) is 0 Å². The quantitative estimate of drug-likeness (QED) is 0.714. The number of hydrogen-bond acceptors (Lipinski definition) is 1. The van der Waals surface area contributed by atoms with E-state index in [0.29, 0.717) is 0 Å². The predicted octanol–water partition coefficient (Wildman–Crippen LogP) is 5.13. The second-order valence-electron chi connectivity index (χ2n) is 4.70. The van der Waals surface area contributed by atoms with Crippen LogP contribution >= 0.6 is 15.9 Å². The van der Waals surface area contributed by atoms with E-state index in [1.54, 1.807) is 0 Å². The maximum atomic E-state index is 12.7. The average Bonchev–Trinajstić information content (AvgIpc) is 2.40. The van der Waals surface area contributed by atoms with Crippen LogP contribution in [0, 0.1) is 6.92 Å². The highest BCUT2D eigenvalue weighted by molar-refractivity contribution is 9.10. The molecule has 1 unspecified atom stereocenters. The van der Waals surface area contributed by atoms with Gasteiger partial charge in [-0.05, 0) is 36.6 Å². The predicted molar refractivity (Wildman–Crippen MR) is 82.7 cm³/mol. The number of halogens is 1. The molecule has 0 fully saturated rings. The first-order valence-electron chi connectivity index (χ1n) is 6.48. The maximum Gasteiger partial charge on any atom is 0.170 e. The van der Waals surface area contributed by atoms with Crippen molar-refractivity contribution in [2.45, 2.75) is 26.2 Å². The third-order valence-electron chi connectivity index (χ3n) is 3.38. The number of aryl methyl sites for hydroxylation is 1. The molecule has 0 bridgehead atoms. The van der Waals surface area contributed by atoms with Crippen LogP contribution in [0.5, 0.6) is 0 Å². The lowest BCUT2D eigenvalue weighted by Crippen LogP contribution is -2.13. The Kier molecular flexibility index (Phi) is 4.54. The van der Waals surface area contributed by atoms with E-state index in [-0.39, 0.29) is 11.7 Å². The van der Waals surface area contributed by atoms with Gasteiger partial charge in [0.2, 0.25) is 0 Å². The molecule has 0 saturated heterocycles. The number of rotatable bonds is 4. The summed E-state index contributed by atoms with van der Waals surface area (Å²) in [7, 11) is 0. The first-order chi connectivity index (χ1) is 9.13. The van der Waals surface area contributed by atoms with Crippen molar-refractivity contribution in [1.29, 1.82) is 0 Å². The van der Waals surface area contributed by atoms with Gasteiger partial charge in [-0.3, -0.25) is 4.79 Å². The van der Waals surface area contributed by atoms with E-state index in [4.69, 9.17) is 0 Å². The molecule has 0 aromatic heterocycles. The van der Waals surface area contributed by atoms with Crippen LogP contribution in [-0.2, 0) is 0 Å². The summed E-state index contributed by atoms with van der Waals surface area (Å²) in [5.41, 5.74) is 2.94. The summed E-state index contributed by atoms with van der Waals surface area (Å²) in [6.45, 7) is 4.04. The Morgan fingerprint density at radius 1 is 1.16 bits per heavy atom. The van der Waals surface area contributed by atoms with Gasteiger partial charge in [0.05, 0.1) is 0 Å².